The molecule has 2 aliphatic rings. The number of hydrogen-bond acceptors (Lipinski definition) is 6. The van der Waals surface area contributed by atoms with E-state index in [1.807, 2.05) is 42.5 Å². The van der Waals surface area contributed by atoms with Gasteiger partial charge in [-0.25, -0.2) is 0 Å². The number of fused-ring (bicyclic) bond motifs is 1. The second-order valence-corrected chi connectivity index (χ2v) is 7.54. The molecule has 0 bridgehead atoms. The summed E-state index contributed by atoms with van der Waals surface area (Å²) in [6, 6.07) is 17.4. The highest BCUT2D eigenvalue weighted by atomic mass is 16.6. The number of Topliss-reactive ketones (excluding diaryl/α,β-unsaturated/α-hetero) is 1. The standard InChI is InChI=1S/C23H19N3O4/c27-20-13-15(21-9-4-10-30-21)12-19-22(20)23(14-5-3-6-16(11-14)26(28)29)25-18-8-2-1-7-17(18)24-19/h1-11,15,23-25H,12-13H2/t15-,23+/m1/s1. The number of carbonyl (C=O) groups is 1. The lowest BCUT2D eigenvalue weighted by Gasteiger charge is -2.28. The van der Waals surface area contributed by atoms with Crippen molar-refractivity contribution < 1.29 is 14.1 Å². The molecule has 2 heterocycles. The summed E-state index contributed by atoms with van der Waals surface area (Å²) >= 11 is 0. The maximum Gasteiger partial charge on any atom is 0.269 e. The van der Waals surface area contributed by atoms with Crippen LogP contribution < -0.4 is 10.6 Å². The molecule has 0 saturated heterocycles. The van der Waals surface area contributed by atoms with Gasteiger partial charge in [0.1, 0.15) is 5.76 Å². The molecule has 30 heavy (non-hydrogen) atoms. The van der Waals surface area contributed by atoms with Crippen molar-refractivity contribution in [3.63, 3.8) is 0 Å². The number of anilines is 2. The van der Waals surface area contributed by atoms with Crippen molar-refractivity contribution in [1.82, 2.24) is 0 Å². The Morgan fingerprint density at radius 1 is 1.00 bits per heavy atom. The molecule has 2 atom stereocenters. The molecule has 0 saturated carbocycles. The van der Waals surface area contributed by atoms with Crippen molar-refractivity contribution in [3.05, 3.63) is 99.6 Å². The molecule has 2 aromatic carbocycles. The third kappa shape index (κ3) is 3.14. The number of ketones is 1. The minimum absolute atomic E-state index is 0.00124. The van der Waals surface area contributed by atoms with Gasteiger partial charge >= 0.3 is 0 Å². The second-order valence-electron chi connectivity index (χ2n) is 7.54. The van der Waals surface area contributed by atoms with Gasteiger partial charge in [0.25, 0.3) is 5.69 Å². The number of nitrogens with one attached hydrogen (secondary N) is 2. The number of benzene rings is 2. The molecule has 0 unspecified atom stereocenters. The van der Waals surface area contributed by atoms with E-state index in [-0.39, 0.29) is 17.4 Å². The van der Waals surface area contributed by atoms with Crippen molar-refractivity contribution in [2.24, 2.45) is 0 Å². The summed E-state index contributed by atoms with van der Waals surface area (Å²) in [4.78, 5) is 24.2. The fraction of sp³-hybridized carbons (Fsp3) is 0.174. The molecule has 0 radical (unpaired) electrons. The van der Waals surface area contributed by atoms with Gasteiger partial charge in [0, 0.05) is 35.7 Å². The number of nitro groups is 1. The quantitative estimate of drug-likeness (QED) is 0.464. The van der Waals surface area contributed by atoms with Gasteiger partial charge in [-0.3, -0.25) is 14.9 Å². The first-order valence-electron chi connectivity index (χ1n) is 9.77. The number of nitrogens with zero attached hydrogens (tertiary/aromatic N) is 1. The van der Waals surface area contributed by atoms with Gasteiger partial charge < -0.3 is 15.1 Å². The first-order valence-corrected chi connectivity index (χ1v) is 9.77. The summed E-state index contributed by atoms with van der Waals surface area (Å²) in [6.45, 7) is 0. The number of para-hydroxylation sites is 2. The number of hydrogen-bond donors (Lipinski definition) is 2. The highest BCUT2D eigenvalue weighted by Crippen LogP contribution is 2.44. The summed E-state index contributed by atoms with van der Waals surface area (Å²) in [6.07, 6.45) is 2.57. The molecular formula is C23H19N3O4. The van der Waals surface area contributed by atoms with Crippen LogP contribution >= 0.6 is 0 Å². The molecule has 1 aliphatic carbocycles. The molecule has 7 nitrogen and oxygen atoms in total. The number of allylic oxidation sites excluding steroid dienone is 1. The lowest BCUT2D eigenvalue weighted by Crippen LogP contribution is -2.26. The fourth-order valence-corrected chi connectivity index (χ4v) is 4.29. The molecule has 0 amide bonds. The molecule has 0 spiro atoms. The van der Waals surface area contributed by atoms with Crippen molar-refractivity contribution in [1.29, 1.82) is 0 Å². The predicted molar refractivity (Wildman–Crippen MR) is 112 cm³/mol. The molecule has 7 heteroatoms. The summed E-state index contributed by atoms with van der Waals surface area (Å²) < 4.78 is 5.56. The molecule has 3 aromatic rings. The molecular weight excluding hydrogens is 382 g/mol. The smallest absolute Gasteiger partial charge is 0.269 e. The van der Waals surface area contributed by atoms with Gasteiger partial charge in [0.15, 0.2) is 5.78 Å². The van der Waals surface area contributed by atoms with Crippen LogP contribution in [0, 0.1) is 10.1 Å². The van der Waals surface area contributed by atoms with Crippen LogP contribution in [0.3, 0.4) is 0 Å². The Morgan fingerprint density at radius 3 is 2.60 bits per heavy atom. The Morgan fingerprint density at radius 2 is 1.83 bits per heavy atom. The monoisotopic (exact) mass is 401 g/mol. The van der Waals surface area contributed by atoms with Crippen LogP contribution in [0.4, 0.5) is 17.1 Å². The summed E-state index contributed by atoms with van der Waals surface area (Å²) in [5.74, 6) is 0.742. The fourth-order valence-electron chi connectivity index (χ4n) is 4.29. The van der Waals surface area contributed by atoms with Gasteiger partial charge in [0.05, 0.1) is 28.6 Å². The number of rotatable bonds is 3. The normalized spacial score (nSPS) is 20.5. The molecule has 1 aromatic heterocycles. The number of furan rings is 1. The maximum absolute atomic E-state index is 13.3. The van der Waals surface area contributed by atoms with Crippen molar-refractivity contribution in [3.8, 4) is 0 Å². The largest absolute Gasteiger partial charge is 0.469 e. The molecule has 5 rings (SSSR count). The number of nitro benzene ring substituents is 1. The third-order valence-electron chi connectivity index (χ3n) is 5.67. The minimum atomic E-state index is -0.485. The highest BCUT2D eigenvalue weighted by molar-refractivity contribution is 6.01. The Labute approximate surface area is 172 Å². The van der Waals surface area contributed by atoms with E-state index >= 15 is 0 Å². The van der Waals surface area contributed by atoms with Crippen molar-refractivity contribution in [2.75, 3.05) is 10.6 Å². The number of carbonyl (C=O) groups excluding carboxylic acids is 1. The molecule has 2 N–H and O–H groups in total. The minimum Gasteiger partial charge on any atom is -0.469 e. The van der Waals surface area contributed by atoms with Crippen LogP contribution in [0.5, 0.6) is 0 Å². The SMILES string of the molecule is O=C1C[C@H](c2ccco2)CC2=C1[C@H](c1cccc([N+](=O)[O-])c1)Nc1ccccc1N2. The van der Waals surface area contributed by atoms with Crippen LogP contribution in [0.1, 0.15) is 36.1 Å². The van der Waals surface area contributed by atoms with Gasteiger partial charge in [-0.15, -0.1) is 0 Å². The van der Waals surface area contributed by atoms with Crippen LogP contribution in [-0.2, 0) is 4.79 Å². The van der Waals surface area contributed by atoms with Gasteiger partial charge in [-0.05, 0) is 36.2 Å². The summed E-state index contributed by atoms with van der Waals surface area (Å²) in [5.41, 5.74) is 3.83. The Balaban J connectivity index is 1.63. The summed E-state index contributed by atoms with van der Waals surface area (Å²) in [5, 5.41) is 18.2. The van der Waals surface area contributed by atoms with Crippen LogP contribution in [0.25, 0.3) is 0 Å². The van der Waals surface area contributed by atoms with Crippen LogP contribution in [0.15, 0.2) is 82.6 Å². The van der Waals surface area contributed by atoms with E-state index < -0.39 is 11.0 Å². The second kappa shape index (κ2) is 7.18. The van der Waals surface area contributed by atoms with Gasteiger partial charge in [0.2, 0.25) is 0 Å². The predicted octanol–water partition coefficient (Wildman–Crippen LogP) is 5.17. The van der Waals surface area contributed by atoms with Gasteiger partial charge in [-0.2, -0.15) is 0 Å². The number of non-ortho nitro benzene ring substituents is 1. The topological polar surface area (TPSA) is 97.4 Å². The lowest BCUT2D eigenvalue weighted by atomic mass is 9.80. The lowest BCUT2D eigenvalue weighted by molar-refractivity contribution is -0.384. The van der Waals surface area contributed by atoms with Crippen molar-refractivity contribution in [2.45, 2.75) is 24.8 Å². The molecule has 1 aliphatic heterocycles. The zero-order valence-corrected chi connectivity index (χ0v) is 16.0. The zero-order chi connectivity index (χ0) is 20.7. The maximum atomic E-state index is 13.3. The average molecular weight is 401 g/mol. The van der Waals surface area contributed by atoms with E-state index in [9.17, 15) is 14.9 Å². The van der Waals surface area contributed by atoms with E-state index in [0.29, 0.717) is 24.0 Å². The zero-order valence-electron chi connectivity index (χ0n) is 16.0. The van der Waals surface area contributed by atoms with Gasteiger partial charge in [-0.1, -0.05) is 24.3 Å². The van der Waals surface area contributed by atoms with E-state index in [4.69, 9.17) is 4.42 Å². The van der Waals surface area contributed by atoms with E-state index in [1.54, 1.807) is 12.3 Å². The molecule has 150 valence electrons. The average Bonchev–Trinajstić information content (AvgIpc) is 3.23. The Kier molecular flexibility index (Phi) is 4.35. The molecule has 0 fully saturated rings. The van der Waals surface area contributed by atoms with Crippen LogP contribution in [-0.4, -0.2) is 10.7 Å². The Hall–Kier alpha value is -3.87. The van der Waals surface area contributed by atoms with Crippen LogP contribution in [0.2, 0.25) is 0 Å². The van der Waals surface area contributed by atoms with E-state index in [1.165, 1.54) is 12.1 Å². The van der Waals surface area contributed by atoms with E-state index in [0.717, 1.165) is 22.8 Å². The van der Waals surface area contributed by atoms with Crippen molar-refractivity contribution >= 4 is 22.8 Å². The van der Waals surface area contributed by atoms with E-state index in [2.05, 4.69) is 10.6 Å². The first-order chi connectivity index (χ1) is 14.6. The third-order valence-corrected chi connectivity index (χ3v) is 5.67. The first kappa shape index (κ1) is 18.2. The Bertz CT molecular complexity index is 1170. The summed E-state index contributed by atoms with van der Waals surface area (Å²) in [7, 11) is 0. The highest BCUT2D eigenvalue weighted by Gasteiger charge is 2.37.